The molecule has 0 spiro atoms. The number of hydrogen-bond acceptors (Lipinski definition) is 4. The monoisotopic (exact) mass is 351 g/mol. The maximum absolute atomic E-state index is 13.1. The molecular weight excluding hydrogens is 337 g/mol. The molecule has 2 amide bonds. The molecular formula is C15H14FN3O4S. The number of benzene rings is 2. The summed E-state index contributed by atoms with van der Waals surface area (Å²) in [4.78, 5) is 24.7. The summed E-state index contributed by atoms with van der Waals surface area (Å²) in [5, 5.41) is 2.31. The number of amides is 2. The highest BCUT2D eigenvalue weighted by Crippen LogP contribution is 2.10. The molecule has 0 heterocycles. The Hall–Kier alpha value is -2.78. The minimum Gasteiger partial charge on any atom is -0.318 e. The summed E-state index contributed by atoms with van der Waals surface area (Å²) in [5.74, 6) is -3.02. The van der Waals surface area contributed by atoms with Crippen molar-refractivity contribution in [2.24, 2.45) is 0 Å². The van der Waals surface area contributed by atoms with Gasteiger partial charge in [0.2, 0.25) is 0 Å². The summed E-state index contributed by atoms with van der Waals surface area (Å²) in [7, 11) is -4.19. The second-order valence-corrected chi connectivity index (χ2v) is 6.52. The van der Waals surface area contributed by atoms with Gasteiger partial charge in [0, 0.05) is 5.69 Å². The fourth-order valence-corrected chi connectivity index (χ4v) is 2.56. The Bertz CT molecular complexity index is 867. The fourth-order valence-electron chi connectivity index (χ4n) is 1.69. The first kappa shape index (κ1) is 17.6. The van der Waals surface area contributed by atoms with E-state index in [2.05, 4.69) is 5.32 Å². The quantitative estimate of drug-likeness (QED) is 0.566. The van der Waals surface area contributed by atoms with Crippen molar-refractivity contribution in [3.05, 3.63) is 59.9 Å². The third kappa shape index (κ3) is 4.61. The molecule has 0 aromatic heterocycles. The lowest BCUT2D eigenvalue weighted by Gasteiger charge is -2.09. The molecule has 0 saturated heterocycles. The number of sulfonamides is 1. The van der Waals surface area contributed by atoms with Crippen LogP contribution in [0.3, 0.4) is 0 Å². The van der Waals surface area contributed by atoms with Crippen LogP contribution in [0.5, 0.6) is 0 Å². The summed E-state index contributed by atoms with van der Waals surface area (Å²) in [6, 6.07) is 10.9. The van der Waals surface area contributed by atoms with Crippen molar-refractivity contribution in [3.63, 3.8) is 0 Å². The van der Waals surface area contributed by atoms with Crippen LogP contribution in [-0.2, 0) is 19.6 Å². The maximum atomic E-state index is 13.1. The van der Waals surface area contributed by atoms with E-state index < -0.39 is 27.7 Å². The van der Waals surface area contributed by atoms with Crippen LogP contribution < -0.4 is 15.6 Å². The second-order valence-electron chi connectivity index (χ2n) is 4.84. The zero-order valence-corrected chi connectivity index (χ0v) is 13.4. The third-order valence-electron chi connectivity index (χ3n) is 2.92. The molecule has 0 fully saturated rings. The van der Waals surface area contributed by atoms with Crippen molar-refractivity contribution in [2.75, 3.05) is 5.32 Å². The summed E-state index contributed by atoms with van der Waals surface area (Å²) < 4.78 is 36.8. The fraction of sp³-hybridized carbons (Fsp3) is 0.0667. The van der Waals surface area contributed by atoms with Gasteiger partial charge in [0.25, 0.3) is 10.0 Å². The van der Waals surface area contributed by atoms with Gasteiger partial charge in [-0.25, -0.2) is 12.8 Å². The Labute approximate surface area is 137 Å². The Kier molecular flexibility index (Phi) is 5.27. The summed E-state index contributed by atoms with van der Waals surface area (Å²) in [6.07, 6.45) is 0. The molecule has 7 nitrogen and oxygen atoms in total. The number of hydrogen-bond donors (Lipinski definition) is 3. The molecule has 24 heavy (non-hydrogen) atoms. The Morgan fingerprint density at radius 1 is 1.00 bits per heavy atom. The number of carbonyl (C=O) groups is 2. The van der Waals surface area contributed by atoms with Gasteiger partial charge in [0.05, 0.1) is 4.90 Å². The van der Waals surface area contributed by atoms with Gasteiger partial charge in [-0.3, -0.25) is 15.0 Å². The lowest BCUT2D eigenvalue weighted by Crippen LogP contribution is -2.46. The number of carbonyl (C=O) groups excluding carboxylic acids is 2. The van der Waals surface area contributed by atoms with Gasteiger partial charge < -0.3 is 5.32 Å². The summed E-state index contributed by atoms with van der Waals surface area (Å²) in [6.45, 7) is 1.86. The number of hydrazine groups is 1. The van der Waals surface area contributed by atoms with Gasteiger partial charge >= 0.3 is 11.8 Å². The SMILES string of the molecule is Cc1ccc(NC(=O)C(=O)NNS(=O)(=O)c2cccc(F)c2)cc1. The molecule has 0 radical (unpaired) electrons. The van der Waals surface area contributed by atoms with E-state index in [1.165, 1.54) is 6.07 Å². The molecule has 0 atom stereocenters. The number of nitrogens with one attached hydrogen (secondary N) is 3. The number of rotatable bonds is 4. The molecule has 0 aliphatic rings. The van der Waals surface area contributed by atoms with Gasteiger partial charge in [-0.05, 0) is 37.3 Å². The number of anilines is 1. The molecule has 0 unspecified atom stereocenters. The molecule has 2 aromatic carbocycles. The topological polar surface area (TPSA) is 104 Å². The van der Waals surface area contributed by atoms with Gasteiger partial charge in [-0.1, -0.05) is 23.8 Å². The van der Waals surface area contributed by atoms with Crippen LogP contribution in [0.4, 0.5) is 10.1 Å². The van der Waals surface area contributed by atoms with Crippen LogP contribution in [0.25, 0.3) is 0 Å². The summed E-state index contributed by atoms with van der Waals surface area (Å²) in [5.41, 5.74) is 3.12. The smallest absolute Gasteiger partial charge is 0.318 e. The molecule has 0 bridgehead atoms. The van der Waals surface area contributed by atoms with E-state index in [1.54, 1.807) is 34.5 Å². The predicted molar refractivity (Wildman–Crippen MR) is 84.7 cm³/mol. The van der Waals surface area contributed by atoms with Crippen LogP contribution in [0.2, 0.25) is 0 Å². The zero-order valence-electron chi connectivity index (χ0n) is 12.5. The van der Waals surface area contributed by atoms with Crippen LogP contribution in [0.1, 0.15) is 5.56 Å². The normalized spacial score (nSPS) is 10.9. The lowest BCUT2D eigenvalue weighted by atomic mass is 10.2. The van der Waals surface area contributed by atoms with Crippen molar-refractivity contribution < 1.29 is 22.4 Å². The minimum absolute atomic E-state index is 0.383. The highest BCUT2D eigenvalue weighted by atomic mass is 32.2. The molecule has 9 heteroatoms. The van der Waals surface area contributed by atoms with E-state index in [9.17, 15) is 22.4 Å². The van der Waals surface area contributed by atoms with Gasteiger partial charge in [0.15, 0.2) is 0 Å². The Morgan fingerprint density at radius 2 is 1.67 bits per heavy atom. The molecule has 2 aromatic rings. The second kappa shape index (κ2) is 7.20. The standard InChI is InChI=1S/C15H14FN3O4S/c1-10-5-7-12(8-6-10)17-14(20)15(21)18-19-24(22,23)13-4-2-3-11(16)9-13/h2-9,19H,1H3,(H,17,20)(H,18,21). The minimum atomic E-state index is -4.19. The average Bonchev–Trinajstić information content (AvgIpc) is 2.55. The van der Waals surface area contributed by atoms with Crippen molar-refractivity contribution in [2.45, 2.75) is 11.8 Å². The lowest BCUT2D eigenvalue weighted by molar-refractivity contribution is -0.136. The average molecular weight is 351 g/mol. The highest BCUT2D eigenvalue weighted by molar-refractivity contribution is 7.89. The van der Waals surface area contributed by atoms with E-state index in [0.717, 1.165) is 23.8 Å². The number of halogens is 1. The van der Waals surface area contributed by atoms with E-state index in [-0.39, 0.29) is 4.90 Å². The highest BCUT2D eigenvalue weighted by Gasteiger charge is 2.19. The first-order chi connectivity index (χ1) is 11.3. The van der Waals surface area contributed by atoms with Crippen LogP contribution in [0, 0.1) is 12.7 Å². The Morgan fingerprint density at radius 3 is 2.29 bits per heavy atom. The largest absolute Gasteiger partial charge is 0.324 e. The molecule has 126 valence electrons. The van der Waals surface area contributed by atoms with E-state index in [0.29, 0.717) is 5.69 Å². The zero-order chi connectivity index (χ0) is 17.7. The molecule has 3 N–H and O–H groups in total. The maximum Gasteiger partial charge on any atom is 0.324 e. The van der Waals surface area contributed by atoms with E-state index in [4.69, 9.17) is 0 Å². The van der Waals surface area contributed by atoms with E-state index >= 15 is 0 Å². The van der Waals surface area contributed by atoms with E-state index in [1.807, 2.05) is 6.92 Å². The van der Waals surface area contributed by atoms with Crippen molar-refractivity contribution in [3.8, 4) is 0 Å². The van der Waals surface area contributed by atoms with Crippen LogP contribution in [-0.4, -0.2) is 20.2 Å². The van der Waals surface area contributed by atoms with Crippen molar-refractivity contribution in [1.82, 2.24) is 10.3 Å². The predicted octanol–water partition coefficient (Wildman–Crippen LogP) is 1.08. The van der Waals surface area contributed by atoms with Gasteiger partial charge in [-0.2, -0.15) is 0 Å². The van der Waals surface area contributed by atoms with Crippen LogP contribution in [0.15, 0.2) is 53.4 Å². The molecule has 0 saturated carbocycles. The first-order valence-electron chi connectivity index (χ1n) is 6.73. The molecule has 0 aliphatic heterocycles. The van der Waals surface area contributed by atoms with Crippen LogP contribution >= 0.6 is 0 Å². The van der Waals surface area contributed by atoms with Crippen molar-refractivity contribution in [1.29, 1.82) is 0 Å². The Balaban J connectivity index is 1.96. The summed E-state index contributed by atoms with van der Waals surface area (Å²) >= 11 is 0. The third-order valence-corrected chi connectivity index (χ3v) is 4.17. The first-order valence-corrected chi connectivity index (χ1v) is 8.21. The van der Waals surface area contributed by atoms with Gasteiger partial charge in [0.1, 0.15) is 5.82 Å². The number of aryl methyl sites for hydroxylation is 1. The van der Waals surface area contributed by atoms with Gasteiger partial charge in [-0.15, -0.1) is 4.83 Å². The molecule has 2 rings (SSSR count). The molecule has 0 aliphatic carbocycles. The van der Waals surface area contributed by atoms with Crippen molar-refractivity contribution >= 4 is 27.5 Å².